The number of ether oxygens (including phenoxy) is 1. The lowest BCUT2D eigenvalue weighted by Gasteiger charge is -2.36. The molecule has 2 N–H and O–H groups in total. The van der Waals surface area contributed by atoms with E-state index in [0.717, 1.165) is 40.4 Å². The molecule has 1 saturated carbocycles. The predicted molar refractivity (Wildman–Crippen MR) is 97.9 cm³/mol. The summed E-state index contributed by atoms with van der Waals surface area (Å²) in [5.41, 5.74) is 2.83. The maximum Gasteiger partial charge on any atom is 0.256 e. The molecule has 1 amide bonds. The van der Waals surface area contributed by atoms with Gasteiger partial charge in [0.15, 0.2) is 0 Å². The van der Waals surface area contributed by atoms with Crippen LogP contribution in [-0.2, 0) is 16.0 Å². The first-order valence-electron chi connectivity index (χ1n) is 8.50. The van der Waals surface area contributed by atoms with Crippen molar-refractivity contribution in [2.75, 3.05) is 7.11 Å². The summed E-state index contributed by atoms with van der Waals surface area (Å²) < 4.78 is 6.28. The Morgan fingerprint density at radius 2 is 2.04 bits per heavy atom. The maximum absolute atomic E-state index is 12.7. The number of hydrogen-bond donors (Lipinski definition) is 2. The normalized spacial score (nSPS) is 27.0. The highest BCUT2D eigenvalue weighted by Crippen LogP contribution is 2.44. The zero-order chi connectivity index (χ0) is 17.5. The molecule has 130 valence electrons. The highest BCUT2D eigenvalue weighted by Gasteiger charge is 2.48. The second-order valence-electron chi connectivity index (χ2n) is 6.83. The van der Waals surface area contributed by atoms with E-state index in [4.69, 9.17) is 4.74 Å². The summed E-state index contributed by atoms with van der Waals surface area (Å²) >= 11 is 3.59. The molecule has 1 fully saturated rings. The van der Waals surface area contributed by atoms with Crippen LogP contribution in [0, 0.1) is 6.92 Å². The number of hydrogen-bond acceptors (Lipinski definition) is 3. The molecular formula is C19H24BrNO3. The Morgan fingerprint density at radius 1 is 1.38 bits per heavy atom. The molecule has 0 radical (unpaired) electrons. The molecule has 1 aromatic rings. The second kappa shape index (κ2) is 6.52. The van der Waals surface area contributed by atoms with Crippen molar-refractivity contribution in [2.45, 2.75) is 57.6 Å². The van der Waals surface area contributed by atoms with Gasteiger partial charge in [-0.05, 0) is 56.2 Å². The van der Waals surface area contributed by atoms with Crippen LogP contribution in [0.2, 0.25) is 0 Å². The molecule has 0 saturated heterocycles. The van der Waals surface area contributed by atoms with Crippen LogP contribution in [0.1, 0.15) is 49.3 Å². The van der Waals surface area contributed by atoms with Crippen molar-refractivity contribution in [3.8, 4) is 0 Å². The van der Waals surface area contributed by atoms with E-state index in [2.05, 4.69) is 34.2 Å². The summed E-state index contributed by atoms with van der Waals surface area (Å²) in [5.74, 6) is 0.0175. The third-order valence-electron chi connectivity index (χ3n) is 5.34. The van der Waals surface area contributed by atoms with E-state index in [-0.39, 0.29) is 17.8 Å². The lowest BCUT2D eigenvalue weighted by Crippen LogP contribution is -2.48. The van der Waals surface area contributed by atoms with Crippen molar-refractivity contribution in [1.82, 2.24) is 5.32 Å². The van der Waals surface area contributed by atoms with E-state index in [9.17, 15) is 9.90 Å². The molecule has 0 aromatic heterocycles. The molecule has 1 heterocycles. The zero-order valence-electron chi connectivity index (χ0n) is 14.4. The van der Waals surface area contributed by atoms with Crippen LogP contribution in [0.5, 0.6) is 0 Å². The van der Waals surface area contributed by atoms with E-state index in [1.165, 1.54) is 0 Å². The summed E-state index contributed by atoms with van der Waals surface area (Å²) in [6, 6.07) is 4.08. The predicted octanol–water partition coefficient (Wildman–Crippen LogP) is 4.05. The Morgan fingerprint density at radius 3 is 2.62 bits per heavy atom. The highest BCUT2D eigenvalue weighted by atomic mass is 79.9. The summed E-state index contributed by atoms with van der Waals surface area (Å²) in [6.07, 6.45) is 4.10. The van der Waals surface area contributed by atoms with Gasteiger partial charge in [-0.1, -0.05) is 28.9 Å². The number of nitrogens with one attached hydrogen (secondary N) is 1. The van der Waals surface area contributed by atoms with Crippen LogP contribution in [-0.4, -0.2) is 29.8 Å². The molecule has 4 nitrogen and oxygen atoms in total. The number of amides is 1. The zero-order valence-corrected chi connectivity index (χ0v) is 16.0. The number of aliphatic hydroxyl groups is 1. The Hall–Kier alpha value is -1.33. The summed E-state index contributed by atoms with van der Waals surface area (Å²) in [7, 11) is 1.72. The maximum atomic E-state index is 12.7. The minimum absolute atomic E-state index is 0.178. The largest absolute Gasteiger partial charge is 0.509 e. The van der Waals surface area contributed by atoms with Gasteiger partial charge in [0.25, 0.3) is 5.91 Å². The number of aryl methyl sites for hydroxylation is 2. The van der Waals surface area contributed by atoms with Gasteiger partial charge < -0.3 is 15.2 Å². The molecule has 24 heavy (non-hydrogen) atoms. The second-order valence-corrected chi connectivity index (χ2v) is 7.68. The Kier molecular flexibility index (Phi) is 4.76. The Bertz CT molecular complexity index is 703. The molecule has 1 aliphatic carbocycles. The number of halogens is 1. The first-order chi connectivity index (χ1) is 11.4. The van der Waals surface area contributed by atoms with Gasteiger partial charge in [-0.3, -0.25) is 4.79 Å². The van der Waals surface area contributed by atoms with Crippen molar-refractivity contribution in [3.05, 3.63) is 39.1 Å². The van der Waals surface area contributed by atoms with E-state index in [0.29, 0.717) is 18.4 Å². The van der Waals surface area contributed by atoms with Crippen LogP contribution in [0.3, 0.4) is 0 Å². The van der Waals surface area contributed by atoms with E-state index in [1.807, 2.05) is 13.0 Å². The van der Waals surface area contributed by atoms with Gasteiger partial charge >= 0.3 is 0 Å². The average Bonchev–Trinajstić information content (AvgIpc) is 2.79. The van der Waals surface area contributed by atoms with Gasteiger partial charge in [-0.2, -0.15) is 0 Å². The standard InChI is InChI=1S/C19H24BrNO3/c1-4-12-9-11(2)10-14(20)15(12)16-17(22)19(21-18(16)23)7-5-13(24-3)6-8-19/h9-10,13,22H,4-8H2,1-3H3,(H,21,23). The van der Waals surface area contributed by atoms with Crippen LogP contribution >= 0.6 is 15.9 Å². The van der Waals surface area contributed by atoms with Crippen molar-refractivity contribution >= 4 is 27.4 Å². The lowest BCUT2D eigenvalue weighted by molar-refractivity contribution is -0.116. The van der Waals surface area contributed by atoms with Crippen molar-refractivity contribution in [1.29, 1.82) is 0 Å². The smallest absolute Gasteiger partial charge is 0.256 e. The Labute approximate surface area is 151 Å². The van der Waals surface area contributed by atoms with Crippen LogP contribution < -0.4 is 5.32 Å². The van der Waals surface area contributed by atoms with Gasteiger partial charge in [0.1, 0.15) is 5.76 Å². The van der Waals surface area contributed by atoms with Crippen LogP contribution in [0.25, 0.3) is 5.57 Å². The summed E-state index contributed by atoms with van der Waals surface area (Å²) in [6.45, 7) is 4.10. The van der Waals surface area contributed by atoms with Gasteiger partial charge in [-0.15, -0.1) is 0 Å². The SMILES string of the molecule is CCc1cc(C)cc(Br)c1C1=C(O)C2(CCC(OC)CC2)NC1=O. The molecule has 5 heteroatoms. The lowest BCUT2D eigenvalue weighted by atomic mass is 9.79. The summed E-state index contributed by atoms with van der Waals surface area (Å²) in [5, 5.41) is 14.1. The van der Waals surface area contributed by atoms with Crippen molar-refractivity contribution in [3.63, 3.8) is 0 Å². The van der Waals surface area contributed by atoms with Gasteiger partial charge in [-0.25, -0.2) is 0 Å². The van der Waals surface area contributed by atoms with Gasteiger partial charge in [0, 0.05) is 17.1 Å². The fourth-order valence-electron chi connectivity index (χ4n) is 3.97. The summed E-state index contributed by atoms with van der Waals surface area (Å²) in [4.78, 5) is 12.7. The molecule has 3 rings (SSSR count). The molecule has 1 aromatic carbocycles. The topological polar surface area (TPSA) is 58.6 Å². The van der Waals surface area contributed by atoms with Crippen molar-refractivity contribution < 1.29 is 14.6 Å². The molecule has 0 bridgehead atoms. The molecule has 0 atom stereocenters. The molecule has 2 aliphatic rings. The van der Waals surface area contributed by atoms with Crippen molar-refractivity contribution in [2.24, 2.45) is 0 Å². The average molecular weight is 394 g/mol. The van der Waals surface area contributed by atoms with Gasteiger partial charge in [0.05, 0.1) is 17.2 Å². The number of rotatable bonds is 3. The van der Waals surface area contributed by atoms with E-state index < -0.39 is 5.54 Å². The molecular weight excluding hydrogens is 370 g/mol. The van der Waals surface area contributed by atoms with E-state index >= 15 is 0 Å². The number of carbonyl (C=O) groups excluding carboxylic acids is 1. The highest BCUT2D eigenvalue weighted by molar-refractivity contribution is 9.10. The minimum Gasteiger partial charge on any atom is -0.509 e. The molecule has 1 aliphatic heterocycles. The number of carbonyl (C=O) groups is 1. The van der Waals surface area contributed by atoms with Gasteiger partial charge in [0.2, 0.25) is 0 Å². The molecule has 1 spiro atoms. The monoisotopic (exact) mass is 393 g/mol. The van der Waals surface area contributed by atoms with Crippen LogP contribution in [0.4, 0.5) is 0 Å². The number of benzene rings is 1. The first-order valence-corrected chi connectivity index (χ1v) is 9.29. The third kappa shape index (κ3) is 2.78. The fourth-order valence-corrected chi connectivity index (χ4v) is 4.79. The van der Waals surface area contributed by atoms with Crippen LogP contribution in [0.15, 0.2) is 22.4 Å². The fraction of sp³-hybridized carbons (Fsp3) is 0.526. The molecule has 0 unspecified atom stereocenters. The first kappa shape index (κ1) is 17.5. The quantitative estimate of drug-likeness (QED) is 0.814. The number of methoxy groups -OCH3 is 1. The Balaban J connectivity index is 2.07. The number of aliphatic hydroxyl groups excluding tert-OH is 1. The van der Waals surface area contributed by atoms with E-state index in [1.54, 1.807) is 7.11 Å². The minimum atomic E-state index is -0.628. The third-order valence-corrected chi connectivity index (χ3v) is 5.96.